The van der Waals surface area contributed by atoms with Crippen LogP contribution in [0.4, 0.5) is 8.78 Å². The van der Waals surface area contributed by atoms with E-state index in [2.05, 4.69) is 9.85 Å². The molecule has 0 aromatic carbocycles. The van der Waals surface area contributed by atoms with E-state index >= 15 is 0 Å². The Labute approximate surface area is 88.6 Å². The van der Waals surface area contributed by atoms with Crippen LogP contribution < -0.4 is 0 Å². The van der Waals surface area contributed by atoms with Gasteiger partial charge in [-0.2, -0.15) is 8.78 Å². The Morgan fingerprint density at radius 2 is 1.93 bits per heavy atom. The van der Waals surface area contributed by atoms with Crippen LogP contribution in [0.1, 0.15) is 27.7 Å². The van der Waals surface area contributed by atoms with Gasteiger partial charge >= 0.3 is 6.23 Å². The zero-order valence-electron chi connectivity index (χ0n) is 8.99. The molecular weight excluding hydrogens is 227 g/mol. The van der Waals surface area contributed by atoms with E-state index in [1.165, 1.54) is 13.8 Å². The summed E-state index contributed by atoms with van der Waals surface area (Å²) in [6.07, 6.45) is -3.91. The van der Waals surface area contributed by atoms with Crippen LogP contribution in [-0.2, 0) is 9.26 Å². The summed E-state index contributed by atoms with van der Waals surface area (Å²) < 4.78 is 35.0. The Bertz CT molecular complexity index is 255. The molecule has 0 aliphatic heterocycles. The Morgan fingerprint density at radius 1 is 1.40 bits per heavy atom. The molecule has 0 aromatic heterocycles. The lowest BCUT2D eigenvalue weighted by molar-refractivity contribution is -0.262. The van der Waals surface area contributed by atoms with E-state index in [1.807, 2.05) is 4.91 Å². The van der Waals surface area contributed by atoms with Gasteiger partial charge in [-0.05, 0) is 33.2 Å². The smallest absolute Gasteiger partial charge is 0.357 e. The highest BCUT2D eigenvalue weighted by molar-refractivity contribution is 7.34. The lowest BCUT2D eigenvalue weighted by Crippen LogP contribution is -2.30. The normalized spacial score (nSPS) is 13.5. The molecule has 0 fully saturated rings. The van der Waals surface area contributed by atoms with Crippen LogP contribution in [0.5, 0.6) is 0 Å². The molecule has 0 aliphatic rings. The molecule has 0 aliphatic carbocycles. The van der Waals surface area contributed by atoms with Gasteiger partial charge in [0.15, 0.2) is 0 Å². The fourth-order valence-corrected chi connectivity index (χ4v) is 1.34. The molecule has 0 spiro atoms. The van der Waals surface area contributed by atoms with Gasteiger partial charge in [0.05, 0.1) is 6.10 Å². The van der Waals surface area contributed by atoms with Crippen LogP contribution in [0.25, 0.3) is 10.4 Å². The summed E-state index contributed by atoms with van der Waals surface area (Å²) in [4.78, 5) is 2.00. The minimum Gasteiger partial charge on any atom is -0.357 e. The molecule has 5 nitrogen and oxygen atoms in total. The quantitative estimate of drug-likeness (QED) is 0.234. The van der Waals surface area contributed by atoms with E-state index in [0.29, 0.717) is 0 Å². The Balaban J connectivity index is 4.29. The van der Waals surface area contributed by atoms with Gasteiger partial charge < -0.3 is 9.26 Å². The van der Waals surface area contributed by atoms with Crippen molar-refractivity contribution in [3.8, 4) is 0 Å². The zero-order chi connectivity index (χ0) is 12.1. The van der Waals surface area contributed by atoms with Crippen LogP contribution >= 0.6 is 8.81 Å². The van der Waals surface area contributed by atoms with Crippen molar-refractivity contribution in [2.75, 3.05) is 0 Å². The van der Waals surface area contributed by atoms with Crippen LogP contribution in [0.15, 0.2) is 5.11 Å². The third-order valence-electron chi connectivity index (χ3n) is 1.08. The second-order valence-electron chi connectivity index (χ2n) is 3.56. The summed E-state index contributed by atoms with van der Waals surface area (Å²) in [5, 5.41) is 1.05. The fraction of sp³-hybridized carbons (Fsp3) is 1.00. The predicted octanol–water partition coefficient (Wildman–Crippen LogP) is 3.62. The average molecular weight is 241 g/mol. The molecule has 0 aromatic rings. The molecule has 15 heavy (non-hydrogen) atoms. The first-order valence-electron chi connectivity index (χ1n) is 4.25. The number of alkyl halides is 2. The SMILES string of the molecule is CC(C)OPC(C)(C)OC(F)(F)N=[N+]=[N-]. The Morgan fingerprint density at radius 3 is 2.33 bits per heavy atom. The first-order valence-corrected chi connectivity index (χ1v) is 5.16. The van der Waals surface area contributed by atoms with E-state index in [4.69, 9.17) is 10.1 Å². The van der Waals surface area contributed by atoms with Gasteiger partial charge in [-0.25, -0.2) is 0 Å². The molecular formula is C7H14F2N3O2P. The van der Waals surface area contributed by atoms with Gasteiger partial charge in [-0.15, -0.1) is 0 Å². The lowest BCUT2D eigenvalue weighted by atomic mass is 10.5. The maximum Gasteiger partial charge on any atom is 0.438 e. The number of azide groups is 1. The Hall–Kier alpha value is -0.480. The van der Waals surface area contributed by atoms with Gasteiger partial charge in [-0.1, -0.05) is 0 Å². The maximum atomic E-state index is 12.8. The molecule has 0 N–H and O–H groups in total. The molecule has 0 amide bonds. The monoisotopic (exact) mass is 241 g/mol. The van der Waals surface area contributed by atoms with Gasteiger partial charge in [0.1, 0.15) is 5.34 Å². The summed E-state index contributed by atoms with van der Waals surface area (Å²) in [5.74, 6) is 0. The molecule has 0 saturated carbocycles. The summed E-state index contributed by atoms with van der Waals surface area (Å²) in [7, 11) is -0.268. The van der Waals surface area contributed by atoms with Gasteiger partial charge in [0, 0.05) is 18.8 Å². The average Bonchev–Trinajstić information content (AvgIpc) is 1.98. The summed E-state index contributed by atoms with van der Waals surface area (Å²) in [5.41, 5.74) is 7.89. The van der Waals surface area contributed by atoms with Gasteiger partial charge in [0.25, 0.3) is 0 Å². The van der Waals surface area contributed by atoms with Crippen LogP contribution in [0.3, 0.4) is 0 Å². The zero-order valence-corrected chi connectivity index (χ0v) is 9.99. The number of rotatable bonds is 6. The van der Waals surface area contributed by atoms with Crippen molar-refractivity contribution in [3.63, 3.8) is 0 Å². The minimum absolute atomic E-state index is 0.0701. The van der Waals surface area contributed by atoms with E-state index < -0.39 is 11.6 Å². The molecule has 0 radical (unpaired) electrons. The molecule has 0 saturated heterocycles. The molecule has 0 heterocycles. The maximum absolute atomic E-state index is 12.8. The minimum atomic E-state index is -3.84. The lowest BCUT2D eigenvalue weighted by Gasteiger charge is -2.28. The number of ether oxygens (including phenoxy) is 1. The highest BCUT2D eigenvalue weighted by Crippen LogP contribution is 2.39. The molecule has 0 rings (SSSR count). The van der Waals surface area contributed by atoms with E-state index in [-0.39, 0.29) is 14.9 Å². The van der Waals surface area contributed by atoms with Crippen molar-refractivity contribution in [1.29, 1.82) is 0 Å². The second kappa shape index (κ2) is 5.56. The van der Waals surface area contributed by atoms with Crippen molar-refractivity contribution in [2.45, 2.75) is 45.4 Å². The highest BCUT2D eigenvalue weighted by Gasteiger charge is 2.37. The number of hydrogen-bond acceptors (Lipinski definition) is 3. The molecule has 1 atom stereocenters. The third-order valence-corrected chi connectivity index (χ3v) is 2.26. The first kappa shape index (κ1) is 14.5. The van der Waals surface area contributed by atoms with Gasteiger partial charge in [-0.3, -0.25) is 0 Å². The number of hydrogen-bond donors (Lipinski definition) is 0. The van der Waals surface area contributed by atoms with Crippen molar-refractivity contribution < 1.29 is 18.0 Å². The van der Waals surface area contributed by atoms with Crippen molar-refractivity contribution in [1.82, 2.24) is 0 Å². The third kappa shape index (κ3) is 7.45. The van der Waals surface area contributed by atoms with E-state index in [1.54, 1.807) is 13.8 Å². The van der Waals surface area contributed by atoms with E-state index in [9.17, 15) is 8.78 Å². The fourth-order valence-electron chi connectivity index (χ4n) is 0.660. The summed E-state index contributed by atoms with van der Waals surface area (Å²) in [6.45, 7) is 6.45. The summed E-state index contributed by atoms with van der Waals surface area (Å²) >= 11 is 0. The largest absolute Gasteiger partial charge is 0.438 e. The number of nitrogens with zero attached hydrogens (tertiary/aromatic N) is 3. The first-order chi connectivity index (χ1) is 6.68. The Kier molecular flexibility index (Phi) is 5.38. The van der Waals surface area contributed by atoms with E-state index in [0.717, 1.165) is 0 Å². The molecule has 88 valence electrons. The molecule has 1 unspecified atom stereocenters. The van der Waals surface area contributed by atoms with Crippen LogP contribution in [0.2, 0.25) is 0 Å². The standard InChI is InChI=1S/C7H14F2N3O2P/c1-5(2)13-15-6(3,4)14-7(8,9)11-12-10/h5,15H,1-4H3. The van der Waals surface area contributed by atoms with Crippen LogP contribution in [-0.4, -0.2) is 17.7 Å². The topological polar surface area (TPSA) is 67.2 Å². The van der Waals surface area contributed by atoms with Gasteiger partial charge in [0.2, 0.25) is 0 Å². The summed E-state index contributed by atoms with van der Waals surface area (Å²) in [6, 6.07) is 0. The van der Waals surface area contributed by atoms with Crippen molar-refractivity contribution >= 4 is 8.81 Å². The highest BCUT2D eigenvalue weighted by atomic mass is 31.1. The molecule has 0 bridgehead atoms. The number of halogens is 2. The van der Waals surface area contributed by atoms with Crippen LogP contribution in [0, 0.1) is 0 Å². The van der Waals surface area contributed by atoms with Crippen molar-refractivity contribution in [3.05, 3.63) is 10.4 Å². The second-order valence-corrected chi connectivity index (χ2v) is 5.20. The molecule has 8 heteroatoms. The van der Waals surface area contributed by atoms with Crippen molar-refractivity contribution in [2.24, 2.45) is 5.11 Å². The predicted molar refractivity (Wildman–Crippen MR) is 53.8 cm³/mol.